The first kappa shape index (κ1) is 18.5. The molecule has 1 amide bonds. The number of oxazole rings is 1. The van der Waals surface area contributed by atoms with E-state index in [1.807, 2.05) is 47.4 Å². The van der Waals surface area contributed by atoms with Crippen LogP contribution < -0.4 is 9.62 Å². The van der Waals surface area contributed by atoms with E-state index in [0.717, 1.165) is 11.3 Å². The number of amides is 1. The van der Waals surface area contributed by atoms with Gasteiger partial charge < -0.3 is 4.42 Å². The van der Waals surface area contributed by atoms with Gasteiger partial charge in [0.05, 0.1) is 18.2 Å². The van der Waals surface area contributed by atoms with Gasteiger partial charge in [0.25, 0.3) is 5.91 Å². The number of benzene rings is 2. The van der Waals surface area contributed by atoms with Crippen LogP contribution >= 0.6 is 11.9 Å². The molecule has 27 heavy (non-hydrogen) atoms. The van der Waals surface area contributed by atoms with Crippen molar-refractivity contribution in [1.82, 2.24) is 9.71 Å². The highest BCUT2D eigenvalue weighted by Crippen LogP contribution is 2.29. The summed E-state index contributed by atoms with van der Waals surface area (Å²) in [6.45, 7) is 2.22. The van der Waals surface area contributed by atoms with Gasteiger partial charge in [-0.25, -0.2) is 0 Å². The minimum Gasteiger partial charge on any atom is -0.428 e. The number of carbonyl (C=O) groups is 1. The van der Waals surface area contributed by atoms with Crippen molar-refractivity contribution in [1.29, 1.82) is 5.26 Å². The van der Waals surface area contributed by atoms with Crippen LogP contribution in [0.15, 0.2) is 59.0 Å². The molecule has 1 heterocycles. The largest absolute Gasteiger partial charge is 0.428 e. The topological polar surface area (TPSA) is 82.2 Å². The number of hydrogen-bond acceptors (Lipinski definition) is 6. The maximum absolute atomic E-state index is 12.2. The molecule has 1 N–H and O–H groups in total. The quantitative estimate of drug-likeness (QED) is 0.647. The van der Waals surface area contributed by atoms with E-state index in [0.29, 0.717) is 23.9 Å². The lowest BCUT2D eigenvalue weighted by Crippen LogP contribution is -2.19. The molecule has 6 nitrogen and oxygen atoms in total. The Kier molecular flexibility index (Phi) is 5.79. The monoisotopic (exact) mass is 378 g/mol. The Morgan fingerprint density at radius 3 is 2.56 bits per heavy atom. The molecule has 0 spiro atoms. The van der Waals surface area contributed by atoms with Crippen molar-refractivity contribution in [2.45, 2.75) is 13.5 Å². The van der Waals surface area contributed by atoms with Crippen LogP contribution in [0.25, 0.3) is 0 Å². The molecule has 0 fully saturated rings. The van der Waals surface area contributed by atoms with E-state index in [1.165, 1.54) is 11.9 Å². The van der Waals surface area contributed by atoms with Crippen molar-refractivity contribution >= 4 is 29.6 Å². The Balaban J connectivity index is 2.00. The zero-order valence-electron chi connectivity index (χ0n) is 15.0. The van der Waals surface area contributed by atoms with Gasteiger partial charge in [0.2, 0.25) is 0 Å². The van der Waals surface area contributed by atoms with Crippen LogP contribution in [0.4, 0.5) is 11.7 Å². The molecule has 0 aliphatic carbocycles. The summed E-state index contributed by atoms with van der Waals surface area (Å²) in [5.41, 5.74) is 2.71. The van der Waals surface area contributed by atoms with Gasteiger partial charge in [-0.1, -0.05) is 42.3 Å². The highest BCUT2D eigenvalue weighted by Gasteiger charge is 2.22. The Labute approximate surface area is 162 Å². The van der Waals surface area contributed by atoms with E-state index in [9.17, 15) is 4.79 Å². The van der Waals surface area contributed by atoms with Crippen LogP contribution in [0.2, 0.25) is 0 Å². The van der Waals surface area contributed by atoms with Crippen molar-refractivity contribution in [3.8, 4) is 6.07 Å². The standard InChI is InChI=1S/C20H18N4O2S/c1-14-18(19(25)23-27-2)22-20(26-14)24(13-16-6-4-3-5-7-16)17-10-8-15(12-21)9-11-17/h3-11H,13H2,1-2H3,(H,23,25). The van der Waals surface area contributed by atoms with Gasteiger partial charge in [0, 0.05) is 11.9 Å². The summed E-state index contributed by atoms with van der Waals surface area (Å²) in [4.78, 5) is 18.5. The summed E-state index contributed by atoms with van der Waals surface area (Å²) in [5, 5.41) is 9.03. The van der Waals surface area contributed by atoms with Crippen molar-refractivity contribution in [2.75, 3.05) is 11.2 Å². The number of aryl methyl sites for hydroxylation is 1. The first-order valence-corrected chi connectivity index (χ1v) is 9.47. The first-order chi connectivity index (χ1) is 13.1. The SMILES string of the molecule is CSNC(=O)c1nc(N(Cc2ccccc2)c2ccc(C#N)cc2)oc1C. The van der Waals surface area contributed by atoms with Gasteiger partial charge in [0.15, 0.2) is 5.69 Å². The van der Waals surface area contributed by atoms with Crippen LogP contribution in [-0.4, -0.2) is 17.1 Å². The average Bonchev–Trinajstić information content (AvgIpc) is 3.09. The number of anilines is 2. The number of rotatable bonds is 6. The summed E-state index contributed by atoms with van der Waals surface area (Å²) in [5.74, 6) is 0.151. The second-order valence-corrected chi connectivity index (χ2v) is 6.38. The zero-order chi connectivity index (χ0) is 19.2. The fraction of sp³-hybridized carbons (Fsp3) is 0.150. The summed E-state index contributed by atoms with van der Waals surface area (Å²) < 4.78 is 8.47. The molecule has 1 aromatic heterocycles. The second-order valence-electron chi connectivity index (χ2n) is 5.77. The highest BCUT2D eigenvalue weighted by atomic mass is 32.2. The maximum Gasteiger partial charge on any atom is 0.303 e. The molecule has 0 atom stereocenters. The number of aromatic nitrogens is 1. The Morgan fingerprint density at radius 1 is 1.22 bits per heavy atom. The van der Waals surface area contributed by atoms with Crippen LogP contribution in [-0.2, 0) is 6.54 Å². The fourth-order valence-corrected chi connectivity index (χ4v) is 2.88. The molecule has 3 aromatic rings. The summed E-state index contributed by atoms with van der Waals surface area (Å²) in [6.07, 6.45) is 1.77. The van der Waals surface area contributed by atoms with E-state index in [1.54, 1.807) is 25.3 Å². The fourth-order valence-electron chi connectivity index (χ4n) is 2.60. The number of nitrogens with one attached hydrogen (secondary N) is 1. The predicted molar refractivity (Wildman–Crippen MR) is 106 cm³/mol. The molecule has 0 saturated heterocycles. The van der Waals surface area contributed by atoms with E-state index in [-0.39, 0.29) is 11.6 Å². The third-order valence-corrected chi connectivity index (χ3v) is 4.31. The molecule has 3 rings (SSSR count). The van der Waals surface area contributed by atoms with Gasteiger partial charge in [-0.2, -0.15) is 10.2 Å². The van der Waals surface area contributed by atoms with E-state index in [4.69, 9.17) is 9.68 Å². The Bertz CT molecular complexity index is 962. The molecule has 0 aliphatic heterocycles. The lowest BCUT2D eigenvalue weighted by molar-refractivity contribution is 0.0979. The highest BCUT2D eigenvalue weighted by molar-refractivity contribution is 7.97. The predicted octanol–water partition coefficient (Wildman–Crippen LogP) is 4.20. The number of hydrogen-bond donors (Lipinski definition) is 1. The molecule has 0 saturated carbocycles. The molecule has 0 radical (unpaired) electrons. The molecular weight excluding hydrogens is 360 g/mol. The summed E-state index contributed by atoms with van der Waals surface area (Å²) in [6, 6.07) is 19.5. The van der Waals surface area contributed by atoms with Gasteiger partial charge in [0.1, 0.15) is 5.76 Å². The van der Waals surface area contributed by atoms with Crippen LogP contribution in [0, 0.1) is 18.3 Å². The van der Waals surface area contributed by atoms with Crippen molar-refractivity contribution in [3.63, 3.8) is 0 Å². The Morgan fingerprint density at radius 2 is 1.93 bits per heavy atom. The molecular formula is C20H18N4O2S. The first-order valence-electron chi connectivity index (χ1n) is 8.24. The molecule has 0 unspecified atom stereocenters. The normalized spacial score (nSPS) is 10.3. The van der Waals surface area contributed by atoms with Gasteiger partial charge in [-0.3, -0.25) is 14.4 Å². The lowest BCUT2D eigenvalue weighted by atomic mass is 10.2. The lowest BCUT2D eigenvalue weighted by Gasteiger charge is -2.21. The van der Waals surface area contributed by atoms with Crippen molar-refractivity contribution in [3.05, 3.63) is 77.2 Å². The van der Waals surface area contributed by atoms with Crippen molar-refractivity contribution in [2.24, 2.45) is 0 Å². The molecule has 2 aromatic carbocycles. The molecule has 7 heteroatoms. The molecule has 0 bridgehead atoms. The van der Waals surface area contributed by atoms with Gasteiger partial charge in [-0.15, -0.1) is 0 Å². The maximum atomic E-state index is 12.2. The van der Waals surface area contributed by atoms with E-state index < -0.39 is 0 Å². The number of carbonyl (C=O) groups excluding carboxylic acids is 1. The van der Waals surface area contributed by atoms with Gasteiger partial charge >= 0.3 is 6.01 Å². The third-order valence-electron chi connectivity index (χ3n) is 3.92. The minimum absolute atomic E-state index is 0.256. The van der Waals surface area contributed by atoms with Gasteiger partial charge in [-0.05, 0) is 36.8 Å². The summed E-state index contributed by atoms with van der Waals surface area (Å²) in [7, 11) is 0. The number of nitriles is 1. The second kappa shape index (κ2) is 8.43. The average molecular weight is 378 g/mol. The summed E-state index contributed by atoms with van der Waals surface area (Å²) >= 11 is 1.21. The minimum atomic E-state index is -0.297. The van der Waals surface area contributed by atoms with Crippen LogP contribution in [0.5, 0.6) is 0 Å². The third kappa shape index (κ3) is 4.30. The van der Waals surface area contributed by atoms with E-state index in [2.05, 4.69) is 15.8 Å². The zero-order valence-corrected chi connectivity index (χ0v) is 15.8. The van der Waals surface area contributed by atoms with Crippen LogP contribution in [0.1, 0.15) is 27.4 Å². The molecule has 136 valence electrons. The Hall–Kier alpha value is -3.24. The smallest absolute Gasteiger partial charge is 0.303 e. The molecule has 0 aliphatic rings. The van der Waals surface area contributed by atoms with Crippen molar-refractivity contribution < 1.29 is 9.21 Å². The van der Waals surface area contributed by atoms with Crippen LogP contribution in [0.3, 0.4) is 0 Å². The number of nitrogens with zero attached hydrogens (tertiary/aromatic N) is 3. The van der Waals surface area contributed by atoms with E-state index >= 15 is 0 Å².